The van der Waals surface area contributed by atoms with E-state index in [1.807, 2.05) is 14.1 Å². The topological polar surface area (TPSA) is 39.1 Å². The average molecular weight is 271 g/mol. The van der Waals surface area contributed by atoms with Crippen molar-refractivity contribution in [2.24, 2.45) is 11.1 Å². The molecule has 3 heterocycles. The quantitative estimate of drug-likeness (QED) is 0.664. The summed E-state index contributed by atoms with van der Waals surface area (Å²) in [6.45, 7) is 2.15. The maximum atomic E-state index is 9.29. The molecule has 3 aliphatic heterocycles. The summed E-state index contributed by atoms with van der Waals surface area (Å²) >= 11 is 0. The maximum absolute atomic E-state index is 9.29. The molecule has 4 nitrogen and oxygen atoms in total. The minimum atomic E-state index is 0.428. The van der Waals surface area contributed by atoms with Gasteiger partial charge in [-0.3, -0.25) is 0 Å². The Morgan fingerprint density at radius 3 is 2.40 bits per heavy atom. The molecule has 0 radical (unpaired) electrons. The van der Waals surface area contributed by atoms with Crippen LogP contribution in [-0.2, 0) is 0 Å². The fourth-order valence-corrected chi connectivity index (χ4v) is 3.09. The number of oxime groups is 1. The lowest BCUT2D eigenvalue weighted by Crippen LogP contribution is -2.46. The predicted octanol–water partition coefficient (Wildman–Crippen LogP) is 2.65. The average Bonchev–Trinajstić information content (AvgIpc) is 2.49. The van der Waals surface area contributed by atoms with Crippen LogP contribution < -0.4 is 4.90 Å². The molecule has 0 amide bonds. The Bertz CT molecular complexity index is 537. The molecular formula is C16H21N3O. The van der Waals surface area contributed by atoms with Crippen LogP contribution in [0.2, 0.25) is 0 Å². The molecule has 4 heteroatoms. The van der Waals surface area contributed by atoms with E-state index in [1.54, 1.807) is 0 Å². The summed E-state index contributed by atoms with van der Waals surface area (Å²) in [7, 11) is 4.07. The third-order valence-electron chi connectivity index (χ3n) is 4.31. The molecule has 0 atom stereocenters. The van der Waals surface area contributed by atoms with Crippen LogP contribution in [0.4, 0.5) is 5.69 Å². The lowest BCUT2D eigenvalue weighted by Gasteiger charge is -2.42. The van der Waals surface area contributed by atoms with E-state index < -0.39 is 0 Å². The van der Waals surface area contributed by atoms with Gasteiger partial charge in [-0.2, -0.15) is 0 Å². The molecule has 1 N–H and O–H groups in total. The van der Waals surface area contributed by atoms with Crippen LogP contribution in [0.1, 0.15) is 18.4 Å². The van der Waals surface area contributed by atoms with Crippen molar-refractivity contribution in [3.63, 3.8) is 0 Å². The summed E-state index contributed by atoms with van der Waals surface area (Å²) in [5.74, 6) is 0.428. The fourth-order valence-electron chi connectivity index (χ4n) is 3.09. The van der Waals surface area contributed by atoms with Gasteiger partial charge >= 0.3 is 0 Å². The Hall–Kier alpha value is -1.97. The largest absolute Gasteiger partial charge is 0.411 e. The van der Waals surface area contributed by atoms with E-state index in [-0.39, 0.29) is 0 Å². The van der Waals surface area contributed by atoms with Crippen LogP contribution in [0.15, 0.2) is 35.1 Å². The molecule has 0 aliphatic carbocycles. The van der Waals surface area contributed by atoms with Gasteiger partial charge in [0.1, 0.15) is 5.71 Å². The van der Waals surface area contributed by atoms with Crippen molar-refractivity contribution in [2.45, 2.75) is 12.8 Å². The Morgan fingerprint density at radius 1 is 1.20 bits per heavy atom. The highest BCUT2D eigenvalue weighted by Crippen LogP contribution is 2.33. The van der Waals surface area contributed by atoms with E-state index in [1.165, 1.54) is 5.69 Å². The minimum Gasteiger partial charge on any atom is -0.411 e. The number of piperidine rings is 3. The van der Waals surface area contributed by atoms with E-state index in [0.29, 0.717) is 5.92 Å². The Balaban J connectivity index is 1.90. The van der Waals surface area contributed by atoms with Gasteiger partial charge in [0.25, 0.3) is 0 Å². The first kappa shape index (κ1) is 13.0. The van der Waals surface area contributed by atoms with E-state index >= 15 is 0 Å². The smallest absolute Gasteiger partial charge is 0.106 e. The zero-order chi connectivity index (χ0) is 14.1. The minimum absolute atomic E-state index is 0.428. The SMILES string of the molecule is CN(C)c1ccc(/C=C2/C(=N/O)C3CCN2CC3)cc1. The van der Waals surface area contributed by atoms with E-state index in [9.17, 15) is 5.21 Å². The highest BCUT2D eigenvalue weighted by molar-refractivity contribution is 6.05. The number of benzene rings is 1. The van der Waals surface area contributed by atoms with Crippen molar-refractivity contribution in [1.29, 1.82) is 0 Å². The number of anilines is 1. The molecule has 3 fully saturated rings. The third-order valence-corrected chi connectivity index (χ3v) is 4.31. The number of fused-ring (bicyclic) bond motifs is 3. The summed E-state index contributed by atoms with van der Waals surface area (Å²) in [6, 6.07) is 8.44. The van der Waals surface area contributed by atoms with Crippen LogP contribution in [0, 0.1) is 5.92 Å². The molecular weight excluding hydrogens is 250 g/mol. The summed E-state index contributed by atoms with van der Waals surface area (Å²) in [5.41, 5.74) is 4.29. The number of allylic oxidation sites excluding steroid dienone is 1. The van der Waals surface area contributed by atoms with Crippen molar-refractivity contribution >= 4 is 17.5 Å². The number of hydrogen-bond donors (Lipinski definition) is 1. The lowest BCUT2D eigenvalue weighted by molar-refractivity contribution is 0.229. The van der Waals surface area contributed by atoms with Crippen LogP contribution >= 0.6 is 0 Å². The van der Waals surface area contributed by atoms with Crippen LogP contribution in [0.25, 0.3) is 6.08 Å². The molecule has 3 aliphatic rings. The first-order valence-electron chi connectivity index (χ1n) is 7.15. The molecule has 0 unspecified atom stereocenters. The van der Waals surface area contributed by atoms with Gasteiger partial charge in [-0.15, -0.1) is 0 Å². The molecule has 2 bridgehead atoms. The van der Waals surface area contributed by atoms with E-state index in [0.717, 1.165) is 42.9 Å². The van der Waals surface area contributed by atoms with Gasteiger partial charge in [-0.25, -0.2) is 0 Å². The Morgan fingerprint density at radius 2 is 1.85 bits per heavy atom. The normalized spacial score (nSPS) is 22.8. The molecule has 4 rings (SSSR count). The van der Waals surface area contributed by atoms with E-state index in [2.05, 4.69) is 45.3 Å². The highest BCUT2D eigenvalue weighted by Gasteiger charge is 2.35. The molecule has 106 valence electrons. The monoisotopic (exact) mass is 271 g/mol. The molecule has 1 aromatic carbocycles. The summed E-state index contributed by atoms with van der Waals surface area (Å²) < 4.78 is 0. The standard InChI is InChI=1S/C16H21N3O/c1-18(2)14-5-3-12(4-6-14)11-15-16(17-20)13-7-9-19(15)10-8-13/h3-6,11,13,20H,7-10H2,1-2H3/b15-11-,17-16+. The van der Waals surface area contributed by atoms with Gasteiger partial charge in [-0.05, 0) is 36.6 Å². The summed E-state index contributed by atoms with van der Waals surface area (Å²) in [5, 5.41) is 12.8. The van der Waals surface area contributed by atoms with Crippen molar-refractivity contribution in [3.05, 3.63) is 35.5 Å². The van der Waals surface area contributed by atoms with E-state index in [4.69, 9.17) is 0 Å². The Kier molecular flexibility index (Phi) is 3.38. The molecule has 0 aromatic heterocycles. The van der Waals surface area contributed by atoms with Crippen LogP contribution in [-0.4, -0.2) is 43.0 Å². The second-order valence-corrected chi connectivity index (χ2v) is 5.76. The first-order chi connectivity index (χ1) is 9.69. The summed E-state index contributed by atoms with van der Waals surface area (Å²) in [4.78, 5) is 4.42. The number of nitrogens with zero attached hydrogens (tertiary/aromatic N) is 3. The maximum Gasteiger partial charge on any atom is 0.106 e. The first-order valence-corrected chi connectivity index (χ1v) is 7.15. The van der Waals surface area contributed by atoms with Gasteiger partial charge in [-0.1, -0.05) is 17.3 Å². The van der Waals surface area contributed by atoms with Crippen molar-refractivity contribution in [1.82, 2.24) is 4.90 Å². The third kappa shape index (κ3) is 2.26. The Labute approximate surface area is 120 Å². The van der Waals surface area contributed by atoms with Gasteiger partial charge < -0.3 is 15.0 Å². The van der Waals surface area contributed by atoms with Crippen molar-refractivity contribution < 1.29 is 5.21 Å². The zero-order valence-corrected chi connectivity index (χ0v) is 12.1. The lowest BCUT2D eigenvalue weighted by atomic mass is 9.83. The molecule has 20 heavy (non-hydrogen) atoms. The van der Waals surface area contributed by atoms with Crippen LogP contribution in [0.5, 0.6) is 0 Å². The number of hydrogen-bond acceptors (Lipinski definition) is 4. The molecule has 0 spiro atoms. The number of rotatable bonds is 2. The molecule has 1 aromatic rings. The fraction of sp³-hybridized carbons (Fsp3) is 0.438. The molecule has 3 saturated heterocycles. The molecule has 0 saturated carbocycles. The van der Waals surface area contributed by atoms with Gasteiger partial charge in [0.15, 0.2) is 0 Å². The van der Waals surface area contributed by atoms with Gasteiger partial charge in [0, 0.05) is 38.8 Å². The second kappa shape index (κ2) is 5.19. The van der Waals surface area contributed by atoms with Gasteiger partial charge in [0.05, 0.1) is 5.70 Å². The highest BCUT2D eigenvalue weighted by atomic mass is 16.4. The second-order valence-electron chi connectivity index (χ2n) is 5.76. The van der Waals surface area contributed by atoms with Crippen molar-refractivity contribution in [3.8, 4) is 0 Å². The van der Waals surface area contributed by atoms with Gasteiger partial charge in [0.2, 0.25) is 0 Å². The zero-order valence-electron chi connectivity index (χ0n) is 12.1. The predicted molar refractivity (Wildman–Crippen MR) is 82.3 cm³/mol. The van der Waals surface area contributed by atoms with Crippen molar-refractivity contribution in [2.75, 3.05) is 32.1 Å². The van der Waals surface area contributed by atoms with Crippen LogP contribution in [0.3, 0.4) is 0 Å². The summed E-state index contributed by atoms with van der Waals surface area (Å²) in [6.07, 6.45) is 4.35.